The van der Waals surface area contributed by atoms with Gasteiger partial charge < -0.3 is 9.47 Å². The molecular formula is C17H25NO3. The second kappa shape index (κ2) is 8.15. The Hall–Kier alpha value is -1.39. The van der Waals surface area contributed by atoms with Crippen molar-refractivity contribution < 1.29 is 14.3 Å². The van der Waals surface area contributed by atoms with E-state index < -0.39 is 0 Å². The van der Waals surface area contributed by atoms with Crippen LogP contribution in [0, 0.1) is 0 Å². The summed E-state index contributed by atoms with van der Waals surface area (Å²) >= 11 is 0. The average Bonchev–Trinajstić information content (AvgIpc) is 2.54. The van der Waals surface area contributed by atoms with Crippen molar-refractivity contribution in [1.82, 2.24) is 4.90 Å². The molecule has 1 aromatic rings. The summed E-state index contributed by atoms with van der Waals surface area (Å²) in [6.07, 6.45) is 1.44. The Labute approximate surface area is 127 Å². The lowest BCUT2D eigenvalue weighted by Crippen LogP contribution is -2.37. The molecule has 21 heavy (non-hydrogen) atoms. The number of aryl methyl sites for hydroxylation is 1. The first-order valence-corrected chi connectivity index (χ1v) is 7.83. The van der Waals surface area contributed by atoms with Gasteiger partial charge >= 0.3 is 0 Å². The fourth-order valence-electron chi connectivity index (χ4n) is 2.55. The second-order valence-corrected chi connectivity index (χ2v) is 5.24. The van der Waals surface area contributed by atoms with Crippen LogP contribution in [0.25, 0.3) is 0 Å². The number of hydrogen-bond donors (Lipinski definition) is 0. The molecule has 0 amide bonds. The summed E-state index contributed by atoms with van der Waals surface area (Å²) in [6.45, 7) is 8.93. The van der Waals surface area contributed by atoms with Gasteiger partial charge in [0.1, 0.15) is 5.75 Å². The van der Waals surface area contributed by atoms with E-state index in [4.69, 9.17) is 9.47 Å². The zero-order valence-electron chi connectivity index (χ0n) is 13.1. The Morgan fingerprint density at radius 1 is 1.29 bits per heavy atom. The fraction of sp³-hybridized carbons (Fsp3) is 0.588. The summed E-state index contributed by atoms with van der Waals surface area (Å²) in [5.74, 6) is 1.10. The number of ketones is 1. The van der Waals surface area contributed by atoms with E-state index >= 15 is 0 Å². The van der Waals surface area contributed by atoms with Crippen molar-refractivity contribution in [3.8, 4) is 5.75 Å². The second-order valence-electron chi connectivity index (χ2n) is 5.24. The van der Waals surface area contributed by atoms with Crippen LogP contribution in [0.2, 0.25) is 0 Å². The highest BCUT2D eigenvalue weighted by Crippen LogP contribution is 2.21. The summed E-state index contributed by atoms with van der Waals surface area (Å²) in [5.41, 5.74) is 1.90. The third-order valence-corrected chi connectivity index (χ3v) is 3.82. The molecule has 0 aromatic heterocycles. The molecule has 1 saturated heterocycles. The molecule has 1 aromatic carbocycles. The van der Waals surface area contributed by atoms with Crippen molar-refractivity contribution in [2.45, 2.75) is 26.7 Å². The molecule has 4 nitrogen and oxygen atoms in total. The zero-order valence-corrected chi connectivity index (χ0v) is 13.1. The van der Waals surface area contributed by atoms with Crippen molar-refractivity contribution in [1.29, 1.82) is 0 Å². The van der Waals surface area contributed by atoms with Crippen LogP contribution in [0.15, 0.2) is 18.2 Å². The van der Waals surface area contributed by atoms with Gasteiger partial charge in [0.2, 0.25) is 0 Å². The van der Waals surface area contributed by atoms with E-state index in [1.165, 1.54) is 0 Å². The third kappa shape index (κ3) is 4.55. The number of Topliss-reactive ketones (excluding diaryl/α,β-unsaturated/α-hetero) is 1. The molecule has 4 heteroatoms. The Bertz CT molecular complexity index is 467. The summed E-state index contributed by atoms with van der Waals surface area (Å²) in [4.78, 5) is 14.6. The lowest BCUT2D eigenvalue weighted by Gasteiger charge is -2.26. The van der Waals surface area contributed by atoms with Gasteiger partial charge in [-0.25, -0.2) is 0 Å². The van der Waals surface area contributed by atoms with E-state index in [9.17, 15) is 4.79 Å². The molecule has 0 radical (unpaired) electrons. The van der Waals surface area contributed by atoms with Crippen LogP contribution in [-0.4, -0.2) is 50.1 Å². The van der Waals surface area contributed by atoms with E-state index in [0.717, 1.165) is 56.1 Å². The van der Waals surface area contributed by atoms with Gasteiger partial charge in [-0.2, -0.15) is 0 Å². The van der Waals surface area contributed by atoms with Gasteiger partial charge in [0, 0.05) is 31.6 Å². The number of nitrogens with zero attached hydrogens (tertiary/aromatic N) is 1. The zero-order chi connectivity index (χ0) is 15.1. The minimum Gasteiger partial charge on any atom is -0.494 e. The smallest absolute Gasteiger partial charge is 0.164 e. The highest BCUT2D eigenvalue weighted by molar-refractivity contribution is 5.96. The number of rotatable bonds is 7. The molecule has 0 unspecified atom stereocenters. The first-order chi connectivity index (χ1) is 10.2. The molecule has 1 fully saturated rings. The average molecular weight is 291 g/mol. The maximum atomic E-state index is 12.3. The van der Waals surface area contributed by atoms with Crippen LogP contribution in [0.5, 0.6) is 5.75 Å². The van der Waals surface area contributed by atoms with Gasteiger partial charge in [-0.05, 0) is 37.1 Å². The Morgan fingerprint density at radius 3 is 2.71 bits per heavy atom. The molecule has 1 heterocycles. The van der Waals surface area contributed by atoms with E-state index in [2.05, 4.69) is 11.8 Å². The highest BCUT2D eigenvalue weighted by Gasteiger charge is 2.14. The maximum absolute atomic E-state index is 12.3. The predicted molar refractivity (Wildman–Crippen MR) is 83.2 cm³/mol. The summed E-state index contributed by atoms with van der Waals surface area (Å²) in [7, 11) is 0. The number of benzene rings is 1. The van der Waals surface area contributed by atoms with Crippen LogP contribution in [0.1, 0.15) is 36.2 Å². The van der Waals surface area contributed by atoms with Gasteiger partial charge in [-0.3, -0.25) is 9.69 Å². The first-order valence-electron chi connectivity index (χ1n) is 7.83. The molecule has 0 N–H and O–H groups in total. The predicted octanol–water partition coefficient (Wildman–Crippen LogP) is 2.55. The summed E-state index contributed by atoms with van der Waals surface area (Å²) in [5, 5.41) is 0. The molecule has 0 spiro atoms. The van der Waals surface area contributed by atoms with Crippen molar-refractivity contribution in [3.63, 3.8) is 0 Å². The number of morpholine rings is 1. The molecule has 0 aliphatic carbocycles. The Morgan fingerprint density at radius 2 is 2.05 bits per heavy atom. The monoisotopic (exact) mass is 291 g/mol. The van der Waals surface area contributed by atoms with E-state index in [0.29, 0.717) is 13.0 Å². The van der Waals surface area contributed by atoms with Gasteiger partial charge in [0.25, 0.3) is 0 Å². The lowest BCUT2D eigenvalue weighted by atomic mass is 10.0. The topological polar surface area (TPSA) is 38.8 Å². The normalized spacial score (nSPS) is 15.9. The fourth-order valence-corrected chi connectivity index (χ4v) is 2.55. The van der Waals surface area contributed by atoms with Crippen LogP contribution in [0.4, 0.5) is 0 Å². The summed E-state index contributed by atoms with van der Waals surface area (Å²) < 4.78 is 10.9. The molecule has 116 valence electrons. The van der Waals surface area contributed by atoms with Crippen molar-refractivity contribution in [2.75, 3.05) is 39.5 Å². The number of carbonyl (C=O) groups is 1. The lowest BCUT2D eigenvalue weighted by molar-refractivity contribution is 0.0370. The van der Waals surface area contributed by atoms with Crippen LogP contribution in [0.3, 0.4) is 0 Å². The number of ether oxygens (including phenoxy) is 2. The molecule has 1 aliphatic heterocycles. The largest absolute Gasteiger partial charge is 0.494 e. The van der Waals surface area contributed by atoms with Crippen LogP contribution in [-0.2, 0) is 11.2 Å². The highest BCUT2D eigenvalue weighted by atomic mass is 16.5. The SMILES string of the molecule is CCOc1ccc(C(=O)CCN2CCOCC2)cc1CC. The molecule has 0 atom stereocenters. The van der Waals surface area contributed by atoms with E-state index in [-0.39, 0.29) is 5.78 Å². The van der Waals surface area contributed by atoms with Gasteiger partial charge in [0.05, 0.1) is 19.8 Å². The quantitative estimate of drug-likeness (QED) is 0.724. The minimum absolute atomic E-state index is 0.208. The molecular weight excluding hydrogens is 266 g/mol. The molecule has 0 saturated carbocycles. The van der Waals surface area contributed by atoms with E-state index in [1.807, 2.05) is 25.1 Å². The minimum atomic E-state index is 0.208. The number of carbonyl (C=O) groups excluding carboxylic acids is 1. The first kappa shape index (κ1) is 16.0. The van der Waals surface area contributed by atoms with Gasteiger partial charge in [-0.15, -0.1) is 0 Å². The maximum Gasteiger partial charge on any atom is 0.164 e. The summed E-state index contributed by atoms with van der Waals surface area (Å²) in [6, 6.07) is 5.78. The molecule has 2 rings (SSSR count). The molecule has 0 bridgehead atoms. The Kier molecular flexibility index (Phi) is 6.21. The van der Waals surface area contributed by atoms with Crippen molar-refractivity contribution in [3.05, 3.63) is 29.3 Å². The Balaban J connectivity index is 1.95. The van der Waals surface area contributed by atoms with Crippen LogP contribution < -0.4 is 4.74 Å². The van der Waals surface area contributed by atoms with Gasteiger partial charge in [0.15, 0.2) is 5.78 Å². The number of hydrogen-bond acceptors (Lipinski definition) is 4. The van der Waals surface area contributed by atoms with Crippen molar-refractivity contribution in [2.24, 2.45) is 0 Å². The van der Waals surface area contributed by atoms with Crippen molar-refractivity contribution >= 4 is 5.78 Å². The third-order valence-electron chi connectivity index (χ3n) is 3.82. The van der Waals surface area contributed by atoms with E-state index in [1.54, 1.807) is 0 Å². The standard InChI is InChI=1S/C17H25NO3/c1-3-14-13-15(5-6-17(14)21-4-2)16(19)7-8-18-9-11-20-12-10-18/h5-6,13H,3-4,7-12H2,1-2H3. The van der Waals surface area contributed by atoms with Crippen LogP contribution >= 0.6 is 0 Å². The van der Waals surface area contributed by atoms with Gasteiger partial charge in [-0.1, -0.05) is 6.92 Å². The molecule has 1 aliphatic rings.